The van der Waals surface area contributed by atoms with Gasteiger partial charge in [-0.25, -0.2) is 0 Å². The summed E-state index contributed by atoms with van der Waals surface area (Å²) in [5.41, 5.74) is 0. The Bertz CT molecular complexity index is 97.1. The van der Waals surface area contributed by atoms with E-state index in [1.165, 1.54) is 19.3 Å². The normalized spacial score (nSPS) is 12.5. The Hall–Kier alpha value is -0.440. The summed E-state index contributed by atoms with van der Waals surface area (Å²) in [6, 6.07) is 0. The lowest BCUT2D eigenvalue weighted by molar-refractivity contribution is 0.482. The largest absolute Gasteiger partial charge is 0.120 e. The predicted molar refractivity (Wildman–Crippen MR) is 46.4 cm³/mol. The van der Waals surface area contributed by atoms with Crippen LogP contribution in [0.25, 0.3) is 0 Å². The lowest BCUT2D eigenvalue weighted by Crippen LogP contribution is -1.92. The van der Waals surface area contributed by atoms with Gasteiger partial charge in [-0.05, 0) is 18.8 Å². The van der Waals surface area contributed by atoms with E-state index in [-0.39, 0.29) is 0 Å². The van der Waals surface area contributed by atoms with Crippen molar-refractivity contribution < 1.29 is 0 Å². The molecule has 0 heterocycles. The van der Waals surface area contributed by atoms with E-state index in [4.69, 9.17) is 6.42 Å². The number of rotatable bonds is 5. The summed E-state index contributed by atoms with van der Waals surface area (Å²) in [5, 5.41) is 0. The molecule has 0 aliphatic carbocycles. The fourth-order valence-electron chi connectivity index (χ4n) is 1.05. The zero-order chi connectivity index (χ0) is 7.82. The van der Waals surface area contributed by atoms with Gasteiger partial charge in [0.05, 0.1) is 0 Å². The first-order chi connectivity index (χ1) is 4.81. The molecule has 0 nitrogen and oxygen atoms in total. The Morgan fingerprint density at radius 2 is 2.20 bits per heavy atom. The van der Waals surface area contributed by atoms with Crippen molar-refractivity contribution in [3.8, 4) is 12.3 Å². The molecule has 1 radical (unpaired) electrons. The van der Waals surface area contributed by atoms with Crippen LogP contribution in [0.1, 0.15) is 39.0 Å². The molecule has 10 heavy (non-hydrogen) atoms. The average molecular weight is 137 g/mol. The van der Waals surface area contributed by atoms with Gasteiger partial charge >= 0.3 is 0 Å². The fraction of sp³-hybridized carbons (Fsp3) is 0.700. The summed E-state index contributed by atoms with van der Waals surface area (Å²) in [6.45, 7) is 6.08. The highest BCUT2D eigenvalue weighted by Gasteiger charge is 1.98. The molecular formula is C10H17. The number of hydrogen-bond donors (Lipinski definition) is 0. The third-order valence-electron chi connectivity index (χ3n) is 1.71. The Kier molecular flexibility index (Phi) is 6.38. The maximum absolute atomic E-state index is 5.13. The summed E-state index contributed by atoms with van der Waals surface area (Å²) >= 11 is 0. The van der Waals surface area contributed by atoms with Gasteiger partial charge in [0.25, 0.3) is 0 Å². The van der Waals surface area contributed by atoms with Gasteiger partial charge in [-0.15, -0.1) is 12.3 Å². The van der Waals surface area contributed by atoms with Crippen molar-refractivity contribution in [3.05, 3.63) is 6.92 Å². The van der Waals surface area contributed by atoms with Gasteiger partial charge in [-0.1, -0.05) is 26.7 Å². The van der Waals surface area contributed by atoms with Crippen molar-refractivity contribution in [1.82, 2.24) is 0 Å². The van der Waals surface area contributed by atoms with Crippen LogP contribution in [0.3, 0.4) is 0 Å². The summed E-state index contributed by atoms with van der Waals surface area (Å²) in [4.78, 5) is 0. The van der Waals surface area contributed by atoms with E-state index < -0.39 is 0 Å². The lowest BCUT2D eigenvalue weighted by Gasteiger charge is -2.06. The smallest absolute Gasteiger partial charge is 0.00861 e. The van der Waals surface area contributed by atoms with Crippen LogP contribution in [0.4, 0.5) is 0 Å². The molecule has 0 saturated heterocycles. The Balaban J connectivity index is 3.06. The highest BCUT2D eigenvalue weighted by molar-refractivity contribution is 4.83. The summed E-state index contributed by atoms with van der Waals surface area (Å²) in [5.74, 6) is 3.46. The van der Waals surface area contributed by atoms with Crippen molar-refractivity contribution in [2.45, 2.75) is 39.0 Å². The Labute approximate surface area is 65.0 Å². The van der Waals surface area contributed by atoms with Crippen molar-refractivity contribution in [2.75, 3.05) is 0 Å². The van der Waals surface area contributed by atoms with Crippen molar-refractivity contribution in [1.29, 1.82) is 0 Å². The van der Waals surface area contributed by atoms with Gasteiger partial charge in [0.15, 0.2) is 0 Å². The van der Waals surface area contributed by atoms with Gasteiger partial charge in [0.2, 0.25) is 0 Å². The second kappa shape index (κ2) is 6.68. The van der Waals surface area contributed by atoms with Crippen LogP contribution in [-0.4, -0.2) is 0 Å². The molecule has 0 N–H and O–H groups in total. The second-order valence-corrected chi connectivity index (χ2v) is 2.84. The van der Waals surface area contributed by atoms with Gasteiger partial charge in [0.1, 0.15) is 0 Å². The van der Waals surface area contributed by atoms with Crippen LogP contribution in [0.15, 0.2) is 0 Å². The van der Waals surface area contributed by atoms with Crippen LogP contribution in [0, 0.1) is 25.2 Å². The zero-order valence-electron chi connectivity index (χ0n) is 6.90. The number of unbranched alkanes of at least 4 members (excludes halogenated alkanes) is 1. The van der Waals surface area contributed by atoms with Crippen LogP contribution < -0.4 is 0 Å². The maximum Gasteiger partial charge on any atom is 0.00861 e. The van der Waals surface area contributed by atoms with Crippen LogP contribution in [0.5, 0.6) is 0 Å². The van der Waals surface area contributed by atoms with Crippen LogP contribution >= 0.6 is 0 Å². The zero-order valence-corrected chi connectivity index (χ0v) is 6.90. The molecule has 0 aliphatic heterocycles. The molecular weight excluding hydrogens is 120 g/mol. The van der Waals surface area contributed by atoms with E-state index in [9.17, 15) is 0 Å². The quantitative estimate of drug-likeness (QED) is 0.403. The highest BCUT2D eigenvalue weighted by Crippen LogP contribution is 2.12. The molecule has 57 valence electrons. The van der Waals surface area contributed by atoms with E-state index in [2.05, 4.69) is 19.8 Å². The first-order valence-corrected chi connectivity index (χ1v) is 4.04. The summed E-state index contributed by atoms with van der Waals surface area (Å²) in [6.07, 6.45) is 10.8. The summed E-state index contributed by atoms with van der Waals surface area (Å²) < 4.78 is 0. The molecule has 0 spiro atoms. The standard InChI is InChI=1S/C10H17/c1-4-6-7-9-10(3)8-5-2/h1,10H,2,5-9H2,3H3. The molecule has 0 aliphatic rings. The minimum atomic E-state index is 0.811. The highest BCUT2D eigenvalue weighted by atomic mass is 14.0. The van der Waals surface area contributed by atoms with E-state index in [1.807, 2.05) is 0 Å². The van der Waals surface area contributed by atoms with E-state index >= 15 is 0 Å². The molecule has 0 aromatic rings. The molecule has 0 aromatic heterocycles. The van der Waals surface area contributed by atoms with Gasteiger partial charge in [-0.3, -0.25) is 0 Å². The lowest BCUT2D eigenvalue weighted by atomic mass is 9.99. The number of terminal acetylenes is 1. The third-order valence-corrected chi connectivity index (χ3v) is 1.71. The van der Waals surface area contributed by atoms with Crippen LogP contribution in [-0.2, 0) is 0 Å². The Morgan fingerprint density at radius 3 is 2.70 bits per heavy atom. The minimum Gasteiger partial charge on any atom is -0.120 e. The topological polar surface area (TPSA) is 0 Å². The molecule has 1 atom stereocenters. The SMILES string of the molecule is C#CCCCC(C)CC[CH2]. The second-order valence-electron chi connectivity index (χ2n) is 2.84. The first kappa shape index (κ1) is 9.56. The third kappa shape index (κ3) is 5.69. The van der Waals surface area contributed by atoms with Gasteiger partial charge < -0.3 is 0 Å². The predicted octanol–water partition coefficient (Wildman–Crippen LogP) is 3.04. The van der Waals surface area contributed by atoms with Crippen molar-refractivity contribution in [2.24, 2.45) is 5.92 Å². The number of hydrogen-bond acceptors (Lipinski definition) is 0. The van der Waals surface area contributed by atoms with E-state index in [0.717, 1.165) is 18.8 Å². The summed E-state index contributed by atoms with van der Waals surface area (Å²) in [7, 11) is 0. The van der Waals surface area contributed by atoms with E-state index in [1.54, 1.807) is 0 Å². The fourth-order valence-corrected chi connectivity index (χ4v) is 1.05. The van der Waals surface area contributed by atoms with Gasteiger partial charge in [0, 0.05) is 6.42 Å². The molecule has 0 saturated carbocycles. The van der Waals surface area contributed by atoms with Crippen LogP contribution in [0.2, 0.25) is 0 Å². The van der Waals surface area contributed by atoms with Crippen molar-refractivity contribution >= 4 is 0 Å². The maximum atomic E-state index is 5.13. The first-order valence-electron chi connectivity index (χ1n) is 4.04. The average Bonchev–Trinajstić information content (AvgIpc) is 1.89. The molecule has 0 bridgehead atoms. The Morgan fingerprint density at radius 1 is 1.50 bits per heavy atom. The molecule has 0 amide bonds. The van der Waals surface area contributed by atoms with E-state index in [0.29, 0.717) is 0 Å². The molecule has 1 unspecified atom stereocenters. The molecule has 0 aromatic carbocycles. The molecule has 0 heteroatoms. The molecule has 0 rings (SSSR count). The van der Waals surface area contributed by atoms with Gasteiger partial charge in [-0.2, -0.15) is 0 Å². The minimum absolute atomic E-state index is 0.811. The van der Waals surface area contributed by atoms with Crippen molar-refractivity contribution in [3.63, 3.8) is 0 Å². The monoisotopic (exact) mass is 137 g/mol. The molecule has 0 fully saturated rings.